The van der Waals surface area contributed by atoms with Gasteiger partial charge in [0.2, 0.25) is 0 Å². The molecule has 0 aliphatic rings. The van der Waals surface area contributed by atoms with Gasteiger partial charge in [0.15, 0.2) is 5.96 Å². The lowest BCUT2D eigenvalue weighted by atomic mass is 10.2. The van der Waals surface area contributed by atoms with Gasteiger partial charge in [-0.2, -0.15) is 13.2 Å². The Labute approximate surface area is 127 Å². The molecule has 0 fully saturated rings. The molecule has 0 aliphatic heterocycles. The average Bonchev–Trinajstić information content (AvgIpc) is 2.39. The van der Waals surface area contributed by atoms with Crippen LogP contribution in [0.3, 0.4) is 0 Å². The summed E-state index contributed by atoms with van der Waals surface area (Å²) in [4.78, 5) is 5.74. The smallest absolute Gasteiger partial charge is 0.357 e. The van der Waals surface area contributed by atoms with Gasteiger partial charge >= 0.3 is 6.18 Å². The van der Waals surface area contributed by atoms with Crippen molar-refractivity contribution in [3.8, 4) is 0 Å². The number of guanidine groups is 1. The molecule has 118 valence electrons. The van der Waals surface area contributed by atoms with Gasteiger partial charge in [-0.15, -0.1) is 0 Å². The largest absolute Gasteiger partial charge is 0.390 e. The fourth-order valence-electron chi connectivity index (χ4n) is 1.72. The Morgan fingerprint density at radius 1 is 1.33 bits per heavy atom. The number of hydrogen-bond acceptors (Lipinski definition) is 1. The molecule has 1 aromatic rings. The molecule has 0 amide bonds. The van der Waals surface area contributed by atoms with Gasteiger partial charge in [0, 0.05) is 25.2 Å². The van der Waals surface area contributed by atoms with Gasteiger partial charge in [0.05, 0.1) is 13.0 Å². The Morgan fingerprint density at radius 2 is 2.00 bits per heavy atom. The maximum absolute atomic E-state index is 12.2. The van der Waals surface area contributed by atoms with Crippen LogP contribution in [0.2, 0.25) is 5.02 Å². The van der Waals surface area contributed by atoms with Crippen LogP contribution in [-0.4, -0.2) is 37.2 Å². The highest BCUT2D eigenvalue weighted by molar-refractivity contribution is 6.31. The fourth-order valence-corrected chi connectivity index (χ4v) is 1.91. The number of aliphatic imine (C=N–C) groups is 1. The standard InChI is InChI=1S/C14H19ClF3N3/c1-3-19-13(20-9-8-14(16,17)18)21(2)10-11-6-4-5-7-12(11)15/h4-7H,3,8-10H2,1-2H3,(H,19,20). The molecule has 0 spiro atoms. The van der Waals surface area contributed by atoms with E-state index in [4.69, 9.17) is 11.6 Å². The number of hydrogen-bond donors (Lipinski definition) is 1. The van der Waals surface area contributed by atoms with Gasteiger partial charge in [-0.3, -0.25) is 4.99 Å². The number of benzene rings is 1. The number of alkyl halides is 3. The Kier molecular flexibility index (Phi) is 6.81. The van der Waals surface area contributed by atoms with E-state index in [0.717, 1.165) is 5.56 Å². The second kappa shape index (κ2) is 8.12. The summed E-state index contributed by atoms with van der Waals surface area (Å²) >= 11 is 6.08. The molecule has 3 nitrogen and oxygen atoms in total. The lowest BCUT2D eigenvalue weighted by Gasteiger charge is -2.22. The molecule has 0 saturated carbocycles. The second-order valence-electron chi connectivity index (χ2n) is 4.55. The van der Waals surface area contributed by atoms with Gasteiger partial charge in [-0.1, -0.05) is 29.8 Å². The summed E-state index contributed by atoms with van der Waals surface area (Å²) in [5.41, 5.74) is 0.892. The van der Waals surface area contributed by atoms with E-state index in [1.165, 1.54) is 0 Å². The third kappa shape index (κ3) is 6.71. The van der Waals surface area contributed by atoms with E-state index >= 15 is 0 Å². The molecule has 1 N–H and O–H groups in total. The molecule has 21 heavy (non-hydrogen) atoms. The number of nitrogens with one attached hydrogen (secondary N) is 1. The minimum atomic E-state index is -4.19. The van der Waals surface area contributed by atoms with Crippen molar-refractivity contribution in [1.82, 2.24) is 10.2 Å². The fraction of sp³-hybridized carbons (Fsp3) is 0.500. The van der Waals surface area contributed by atoms with Gasteiger partial charge < -0.3 is 10.2 Å². The maximum atomic E-state index is 12.2. The minimum absolute atomic E-state index is 0.293. The monoisotopic (exact) mass is 321 g/mol. The number of nitrogens with zero attached hydrogens (tertiary/aromatic N) is 2. The molecule has 0 unspecified atom stereocenters. The summed E-state index contributed by atoms with van der Waals surface area (Å²) < 4.78 is 36.5. The van der Waals surface area contributed by atoms with Gasteiger partial charge in [0.1, 0.15) is 0 Å². The Balaban J connectivity index is 2.71. The van der Waals surface area contributed by atoms with Crippen LogP contribution in [0.4, 0.5) is 13.2 Å². The van der Waals surface area contributed by atoms with E-state index < -0.39 is 12.6 Å². The summed E-state index contributed by atoms with van der Waals surface area (Å²) in [7, 11) is 1.76. The Hall–Kier alpha value is -1.43. The van der Waals surface area contributed by atoms with Crippen LogP contribution in [0.15, 0.2) is 29.3 Å². The molecule has 0 radical (unpaired) electrons. The van der Waals surface area contributed by atoms with E-state index in [9.17, 15) is 13.2 Å². The average molecular weight is 322 g/mol. The highest BCUT2D eigenvalue weighted by Gasteiger charge is 2.26. The first-order valence-corrected chi connectivity index (χ1v) is 7.01. The summed E-state index contributed by atoms with van der Waals surface area (Å²) in [5, 5.41) is 3.59. The maximum Gasteiger partial charge on any atom is 0.390 e. The molecule has 0 atom stereocenters. The predicted octanol–water partition coefficient (Wildman–Crippen LogP) is 3.69. The van der Waals surface area contributed by atoms with E-state index in [0.29, 0.717) is 24.1 Å². The van der Waals surface area contributed by atoms with Crippen LogP contribution in [0, 0.1) is 0 Å². The normalized spacial score (nSPS) is 12.4. The van der Waals surface area contributed by atoms with E-state index in [-0.39, 0.29) is 6.54 Å². The van der Waals surface area contributed by atoms with Crippen molar-refractivity contribution in [1.29, 1.82) is 0 Å². The third-order valence-electron chi connectivity index (χ3n) is 2.72. The number of rotatable bonds is 5. The van der Waals surface area contributed by atoms with Crippen LogP contribution < -0.4 is 5.32 Å². The quantitative estimate of drug-likeness (QED) is 0.661. The molecule has 0 aliphatic carbocycles. The molecule has 0 heterocycles. The molecule has 0 aromatic heterocycles. The third-order valence-corrected chi connectivity index (χ3v) is 3.09. The second-order valence-corrected chi connectivity index (χ2v) is 4.96. The van der Waals surface area contributed by atoms with Crippen LogP contribution in [-0.2, 0) is 6.54 Å². The first-order valence-electron chi connectivity index (χ1n) is 6.63. The van der Waals surface area contributed by atoms with Gasteiger partial charge in [0.25, 0.3) is 0 Å². The summed E-state index contributed by atoms with van der Waals surface area (Å²) in [6, 6.07) is 7.34. The molecular weight excluding hydrogens is 303 g/mol. The van der Waals surface area contributed by atoms with Crippen molar-refractivity contribution in [2.24, 2.45) is 4.99 Å². The zero-order valence-electron chi connectivity index (χ0n) is 12.0. The van der Waals surface area contributed by atoms with Crippen molar-refractivity contribution in [2.75, 3.05) is 20.1 Å². The lowest BCUT2D eigenvalue weighted by molar-refractivity contribution is -0.132. The highest BCUT2D eigenvalue weighted by atomic mass is 35.5. The Bertz CT molecular complexity index is 475. The molecular formula is C14H19ClF3N3. The van der Waals surface area contributed by atoms with Crippen LogP contribution in [0.1, 0.15) is 18.9 Å². The lowest BCUT2D eigenvalue weighted by Crippen LogP contribution is -2.38. The molecule has 0 bridgehead atoms. The van der Waals surface area contributed by atoms with Crippen molar-refractivity contribution in [2.45, 2.75) is 26.1 Å². The number of halogens is 4. The topological polar surface area (TPSA) is 27.6 Å². The van der Waals surface area contributed by atoms with Crippen molar-refractivity contribution >= 4 is 17.6 Å². The van der Waals surface area contributed by atoms with Gasteiger partial charge in [-0.05, 0) is 18.6 Å². The molecule has 1 aromatic carbocycles. The highest BCUT2D eigenvalue weighted by Crippen LogP contribution is 2.19. The summed E-state index contributed by atoms with van der Waals surface area (Å²) in [5.74, 6) is 0.432. The zero-order chi connectivity index (χ0) is 15.9. The SMILES string of the molecule is CCNC(=NCCC(F)(F)F)N(C)Cc1ccccc1Cl. The molecule has 1 rings (SSSR count). The van der Waals surface area contributed by atoms with E-state index in [2.05, 4.69) is 10.3 Å². The minimum Gasteiger partial charge on any atom is -0.357 e. The summed E-state index contributed by atoms with van der Waals surface area (Å²) in [6.45, 7) is 2.62. The first-order chi connectivity index (χ1) is 9.83. The molecule has 0 saturated heterocycles. The Morgan fingerprint density at radius 3 is 2.57 bits per heavy atom. The predicted molar refractivity (Wildman–Crippen MR) is 79.6 cm³/mol. The van der Waals surface area contributed by atoms with E-state index in [1.54, 1.807) is 18.0 Å². The van der Waals surface area contributed by atoms with Gasteiger partial charge in [-0.25, -0.2) is 0 Å². The zero-order valence-corrected chi connectivity index (χ0v) is 12.8. The van der Waals surface area contributed by atoms with Crippen molar-refractivity contribution in [3.63, 3.8) is 0 Å². The summed E-state index contributed by atoms with van der Waals surface area (Å²) in [6.07, 6.45) is -5.12. The molecule has 7 heteroatoms. The van der Waals surface area contributed by atoms with E-state index in [1.807, 2.05) is 25.1 Å². The first kappa shape index (κ1) is 17.6. The van der Waals surface area contributed by atoms with Crippen molar-refractivity contribution in [3.05, 3.63) is 34.9 Å². The van der Waals surface area contributed by atoms with Crippen LogP contribution in [0.25, 0.3) is 0 Å². The van der Waals surface area contributed by atoms with Crippen LogP contribution >= 0.6 is 11.6 Å². The van der Waals surface area contributed by atoms with Crippen LogP contribution in [0.5, 0.6) is 0 Å². The van der Waals surface area contributed by atoms with Crippen molar-refractivity contribution < 1.29 is 13.2 Å².